The molecule has 1 N–H and O–H groups in total. The van der Waals surface area contributed by atoms with Crippen LogP contribution in [0.25, 0.3) is 10.2 Å². The van der Waals surface area contributed by atoms with E-state index in [1.807, 2.05) is 18.2 Å². The molecule has 3 rings (SSSR count). The summed E-state index contributed by atoms with van der Waals surface area (Å²) in [7, 11) is 0. The normalized spacial score (nSPS) is 10.9. The minimum absolute atomic E-state index is 0.757. The lowest BCUT2D eigenvalue weighted by atomic mass is 10.1. The van der Waals surface area contributed by atoms with Crippen molar-refractivity contribution in [2.24, 2.45) is 0 Å². The number of benzene rings is 2. The first-order valence-corrected chi connectivity index (χ1v) is 7.76. The summed E-state index contributed by atoms with van der Waals surface area (Å²) >= 11 is 7.63. The van der Waals surface area contributed by atoms with Crippen molar-refractivity contribution in [3.05, 3.63) is 58.6 Å². The van der Waals surface area contributed by atoms with Crippen LogP contribution in [0.5, 0.6) is 0 Å². The highest BCUT2D eigenvalue weighted by Gasteiger charge is 2.03. The molecule has 4 heteroatoms. The summed E-state index contributed by atoms with van der Waals surface area (Å²) in [6, 6.07) is 14.4. The molecule has 0 aliphatic carbocycles. The van der Waals surface area contributed by atoms with Gasteiger partial charge in [0, 0.05) is 11.6 Å². The number of hydrogen-bond acceptors (Lipinski definition) is 3. The van der Waals surface area contributed by atoms with Gasteiger partial charge in [0.1, 0.15) is 0 Å². The molecule has 0 bridgehead atoms. The van der Waals surface area contributed by atoms with Crippen LogP contribution in [0.3, 0.4) is 0 Å². The number of thiazole rings is 1. The molecule has 2 nitrogen and oxygen atoms in total. The number of fused-ring (bicyclic) bond motifs is 1. The van der Waals surface area contributed by atoms with Crippen molar-refractivity contribution in [2.45, 2.75) is 13.3 Å². The molecule has 3 aromatic rings. The third-order valence-corrected chi connectivity index (χ3v) is 4.33. The average molecular weight is 303 g/mol. The van der Waals surface area contributed by atoms with Crippen LogP contribution in [0.4, 0.5) is 5.13 Å². The van der Waals surface area contributed by atoms with Crippen LogP contribution in [-0.2, 0) is 6.42 Å². The van der Waals surface area contributed by atoms with Gasteiger partial charge in [0.05, 0.1) is 10.2 Å². The second-order valence-corrected chi connectivity index (χ2v) is 6.26. The van der Waals surface area contributed by atoms with Gasteiger partial charge in [0.15, 0.2) is 5.13 Å². The van der Waals surface area contributed by atoms with Crippen LogP contribution in [0, 0.1) is 6.92 Å². The number of rotatable bonds is 4. The smallest absolute Gasteiger partial charge is 0.183 e. The lowest BCUT2D eigenvalue weighted by Gasteiger charge is -2.03. The summed E-state index contributed by atoms with van der Waals surface area (Å²) in [5.41, 5.74) is 3.65. The summed E-state index contributed by atoms with van der Waals surface area (Å²) in [6.45, 7) is 3.01. The van der Waals surface area contributed by atoms with Crippen LogP contribution in [-0.4, -0.2) is 11.5 Å². The summed E-state index contributed by atoms with van der Waals surface area (Å²) in [4.78, 5) is 4.55. The number of anilines is 1. The molecular formula is C16H15ClN2S. The summed E-state index contributed by atoms with van der Waals surface area (Å²) in [6.07, 6.45) is 0.998. The molecule has 0 spiro atoms. The summed E-state index contributed by atoms with van der Waals surface area (Å²) in [5.74, 6) is 0. The molecule has 0 radical (unpaired) electrons. The van der Waals surface area contributed by atoms with Gasteiger partial charge in [-0.3, -0.25) is 0 Å². The number of nitrogens with zero attached hydrogens (tertiary/aromatic N) is 1. The Bertz CT molecular complexity index is 736. The fourth-order valence-electron chi connectivity index (χ4n) is 2.16. The predicted octanol–water partition coefficient (Wildman–Crippen LogP) is 4.91. The van der Waals surface area contributed by atoms with Crippen LogP contribution in [0.1, 0.15) is 11.1 Å². The lowest BCUT2D eigenvalue weighted by Crippen LogP contribution is -2.04. The fraction of sp³-hybridized carbons (Fsp3) is 0.188. The van der Waals surface area contributed by atoms with E-state index >= 15 is 0 Å². The van der Waals surface area contributed by atoms with E-state index in [1.165, 1.54) is 11.1 Å². The molecule has 20 heavy (non-hydrogen) atoms. The van der Waals surface area contributed by atoms with Crippen molar-refractivity contribution in [1.29, 1.82) is 0 Å². The predicted molar refractivity (Wildman–Crippen MR) is 88.0 cm³/mol. The van der Waals surface area contributed by atoms with E-state index in [4.69, 9.17) is 11.6 Å². The maximum Gasteiger partial charge on any atom is 0.183 e. The SMILES string of the molecule is Cc1cccc(CCNc2nc3ccc(Cl)cc3s2)c1. The number of aryl methyl sites for hydroxylation is 1. The van der Waals surface area contributed by atoms with Crippen molar-refractivity contribution in [3.63, 3.8) is 0 Å². The Hall–Kier alpha value is -1.58. The first kappa shape index (κ1) is 13.4. The summed E-state index contributed by atoms with van der Waals surface area (Å²) in [5, 5.41) is 5.10. The topological polar surface area (TPSA) is 24.9 Å². The maximum absolute atomic E-state index is 5.99. The third-order valence-electron chi connectivity index (χ3n) is 3.12. The molecule has 0 saturated heterocycles. The van der Waals surface area contributed by atoms with Crippen molar-refractivity contribution in [1.82, 2.24) is 4.98 Å². The standard InChI is InChI=1S/C16H15ClN2S/c1-11-3-2-4-12(9-11)7-8-18-16-19-14-6-5-13(17)10-15(14)20-16/h2-6,9-10H,7-8H2,1H3,(H,18,19). The van der Waals surface area contributed by atoms with Crippen LogP contribution >= 0.6 is 22.9 Å². The zero-order valence-corrected chi connectivity index (χ0v) is 12.8. The van der Waals surface area contributed by atoms with E-state index < -0.39 is 0 Å². The van der Waals surface area contributed by atoms with Gasteiger partial charge < -0.3 is 5.32 Å². The van der Waals surface area contributed by atoms with Crippen molar-refractivity contribution >= 4 is 38.3 Å². The molecule has 0 atom stereocenters. The van der Waals surface area contributed by atoms with Gasteiger partial charge in [-0.05, 0) is 37.1 Å². The highest BCUT2D eigenvalue weighted by atomic mass is 35.5. The Labute approximate surface area is 127 Å². The van der Waals surface area contributed by atoms with Crippen LogP contribution < -0.4 is 5.32 Å². The van der Waals surface area contributed by atoms with Crippen LogP contribution in [0.2, 0.25) is 5.02 Å². The van der Waals surface area contributed by atoms with Gasteiger partial charge in [-0.1, -0.05) is 52.8 Å². The molecule has 0 aliphatic rings. The van der Waals surface area contributed by atoms with Gasteiger partial charge >= 0.3 is 0 Å². The van der Waals surface area contributed by atoms with Gasteiger partial charge in [0.2, 0.25) is 0 Å². The molecule has 0 fully saturated rings. The average Bonchev–Trinajstić information content (AvgIpc) is 2.80. The third kappa shape index (κ3) is 3.11. The van der Waals surface area contributed by atoms with Crippen molar-refractivity contribution in [3.8, 4) is 0 Å². The Morgan fingerprint density at radius 2 is 2.10 bits per heavy atom. The first-order chi connectivity index (χ1) is 9.70. The molecular weight excluding hydrogens is 288 g/mol. The monoisotopic (exact) mass is 302 g/mol. The first-order valence-electron chi connectivity index (χ1n) is 6.56. The summed E-state index contributed by atoms with van der Waals surface area (Å²) < 4.78 is 1.12. The zero-order chi connectivity index (χ0) is 13.9. The van der Waals surface area contributed by atoms with Gasteiger partial charge in [0.25, 0.3) is 0 Å². The van der Waals surface area contributed by atoms with Gasteiger partial charge in [-0.2, -0.15) is 0 Å². The van der Waals surface area contributed by atoms with Gasteiger partial charge in [-0.25, -0.2) is 4.98 Å². The highest BCUT2D eigenvalue weighted by Crippen LogP contribution is 2.28. The fourth-order valence-corrected chi connectivity index (χ4v) is 3.32. The molecule has 1 heterocycles. The van der Waals surface area contributed by atoms with Crippen LogP contribution in [0.15, 0.2) is 42.5 Å². The van der Waals surface area contributed by atoms with E-state index in [0.29, 0.717) is 0 Å². The molecule has 1 aromatic heterocycles. The van der Waals surface area contributed by atoms with Gasteiger partial charge in [-0.15, -0.1) is 0 Å². The number of aromatic nitrogens is 1. The minimum atomic E-state index is 0.757. The van der Waals surface area contributed by atoms with E-state index in [2.05, 4.69) is 41.5 Å². The Morgan fingerprint density at radius 1 is 1.20 bits per heavy atom. The van der Waals surface area contributed by atoms with E-state index in [-0.39, 0.29) is 0 Å². The maximum atomic E-state index is 5.99. The highest BCUT2D eigenvalue weighted by molar-refractivity contribution is 7.22. The minimum Gasteiger partial charge on any atom is -0.361 e. The Kier molecular flexibility index (Phi) is 3.90. The van der Waals surface area contributed by atoms with Crippen molar-refractivity contribution < 1.29 is 0 Å². The zero-order valence-electron chi connectivity index (χ0n) is 11.2. The molecule has 0 amide bonds. The van der Waals surface area contributed by atoms with E-state index in [1.54, 1.807) is 11.3 Å². The number of nitrogens with one attached hydrogen (secondary N) is 1. The lowest BCUT2D eigenvalue weighted by molar-refractivity contribution is 1.01. The van der Waals surface area contributed by atoms with E-state index in [9.17, 15) is 0 Å². The molecule has 0 aliphatic heterocycles. The Balaban J connectivity index is 1.65. The largest absolute Gasteiger partial charge is 0.361 e. The number of halogens is 1. The van der Waals surface area contributed by atoms with E-state index in [0.717, 1.165) is 33.3 Å². The second kappa shape index (κ2) is 5.81. The second-order valence-electron chi connectivity index (χ2n) is 4.80. The Morgan fingerprint density at radius 3 is 2.95 bits per heavy atom. The molecule has 2 aromatic carbocycles. The number of hydrogen-bond donors (Lipinski definition) is 1. The molecule has 0 saturated carbocycles. The molecule has 0 unspecified atom stereocenters. The quantitative estimate of drug-likeness (QED) is 0.740. The molecule has 102 valence electrons. The van der Waals surface area contributed by atoms with Crippen molar-refractivity contribution in [2.75, 3.05) is 11.9 Å².